The third-order valence-corrected chi connectivity index (χ3v) is 3.44. The number of carbonyl (C=O) groups excluding carboxylic acids is 1. The standard InChI is InChI=1S/C13H22N4O/c1-4-7-17(11-5-6-14-8-11)13(18)12-9-16(3)15-10(12)2/h9,11,14H,4-8H2,1-3H3/t11-/m1/s1. The van der Waals surface area contributed by atoms with Crippen LogP contribution in [0.2, 0.25) is 0 Å². The maximum Gasteiger partial charge on any atom is 0.257 e. The van der Waals surface area contributed by atoms with Crippen molar-refractivity contribution in [3.05, 3.63) is 17.5 Å². The van der Waals surface area contributed by atoms with Crippen LogP contribution in [0.3, 0.4) is 0 Å². The van der Waals surface area contributed by atoms with Crippen LogP contribution in [0.5, 0.6) is 0 Å². The van der Waals surface area contributed by atoms with E-state index in [-0.39, 0.29) is 5.91 Å². The predicted molar refractivity (Wildman–Crippen MR) is 70.5 cm³/mol. The Balaban J connectivity index is 2.19. The van der Waals surface area contributed by atoms with Gasteiger partial charge in [-0.1, -0.05) is 6.92 Å². The lowest BCUT2D eigenvalue weighted by Crippen LogP contribution is -2.42. The van der Waals surface area contributed by atoms with Crippen molar-refractivity contribution in [2.75, 3.05) is 19.6 Å². The van der Waals surface area contributed by atoms with Crippen LogP contribution in [-0.4, -0.2) is 46.3 Å². The van der Waals surface area contributed by atoms with Crippen molar-refractivity contribution in [3.63, 3.8) is 0 Å². The van der Waals surface area contributed by atoms with E-state index in [2.05, 4.69) is 17.3 Å². The number of amides is 1. The Morgan fingerprint density at radius 2 is 2.44 bits per heavy atom. The molecule has 5 heteroatoms. The van der Waals surface area contributed by atoms with Crippen LogP contribution in [0.1, 0.15) is 35.8 Å². The molecular formula is C13H22N4O. The fourth-order valence-electron chi connectivity index (χ4n) is 2.56. The topological polar surface area (TPSA) is 50.2 Å². The minimum Gasteiger partial charge on any atom is -0.334 e. The molecule has 0 aromatic carbocycles. The molecule has 1 saturated heterocycles. The zero-order chi connectivity index (χ0) is 13.1. The van der Waals surface area contributed by atoms with Crippen LogP contribution >= 0.6 is 0 Å². The molecule has 0 radical (unpaired) electrons. The lowest BCUT2D eigenvalue weighted by atomic mass is 10.1. The maximum atomic E-state index is 12.6. The summed E-state index contributed by atoms with van der Waals surface area (Å²) in [5, 5.41) is 7.58. The van der Waals surface area contributed by atoms with E-state index >= 15 is 0 Å². The van der Waals surface area contributed by atoms with Gasteiger partial charge in [0.25, 0.3) is 5.91 Å². The summed E-state index contributed by atoms with van der Waals surface area (Å²) < 4.78 is 1.71. The number of aryl methyl sites for hydroxylation is 2. The Bertz CT molecular complexity index is 421. The van der Waals surface area contributed by atoms with E-state index in [0.717, 1.165) is 43.7 Å². The van der Waals surface area contributed by atoms with Gasteiger partial charge in [-0.05, 0) is 26.3 Å². The highest BCUT2D eigenvalue weighted by atomic mass is 16.2. The summed E-state index contributed by atoms with van der Waals surface area (Å²) in [4.78, 5) is 14.6. The number of carbonyl (C=O) groups is 1. The van der Waals surface area contributed by atoms with Crippen LogP contribution in [-0.2, 0) is 7.05 Å². The molecule has 1 amide bonds. The lowest BCUT2D eigenvalue weighted by molar-refractivity contribution is 0.0691. The third-order valence-electron chi connectivity index (χ3n) is 3.44. The summed E-state index contributed by atoms with van der Waals surface area (Å²) >= 11 is 0. The van der Waals surface area contributed by atoms with Gasteiger partial charge in [-0.2, -0.15) is 5.10 Å². The van der Waals surface area contributed by atoms with Gasteiger partial charge < -0.3 is 10.2 Å². The summed E-state index contributed by atoms with van der Waals surface area (Å²) in [7, 11) is 1.85. The molecule has 2 heterocycles. The molecule has 0 saturated carbocycles. The molecule has 0 bridgehead atoms. The van der Waals surface area contributed by atoms with E-state index in [0.29, 0.717) is 6.04 Å². The van der Waals surface area contributed by atoms with Crippen LogP contribution in [0.15, 0.2) is 6.20 Å². The zero-order valence-corrected chi connectivity index (χ0v) is 11.4. The molecular weight excluding hydrogens is 228 g/mol. The Labute approximate surface area is 108 Å². The molecule has 0 spiro atoms. The van der Waals surface area contributed by atoms with Crippen LogP contribution in [0, 0.1) is 6.92 Å². The molecule has 1 aliphatic heterocycles. The third kappa shape index (κ3) is 2.56. The first-order chi connectivity index (χ1) is 8.63. The first-order valence-corrected chi connectivity index (χ1v) is 6.65. The molecule has 0 aliphatic carbocycles. The van der Waals surface area contributed by atoms with Crippen LogP contribution in [0.4, 0.5) is 0 Å². The molecule has 2 rings (SSSR count). The quantitative estimate of drug-likeness (QED) is 0.865. The van der Waals surface area contributed by atoms with Gasteiger partial charge in [-0.15, -0.1) is 0 Å². The molecule has 1 aromatic heterocycles. The van der Waals surface area contributed by atoms with E-state index in [1.165, 1.54) is 0 Å². The number of aromatic nitrogens is 2. The number of nitrogens with one attached hydrogen (secondary N) is 1. The van der Waals surface area contributed by atoms with E-state index in [1.54, 1.807) is 4.68 Å². The van der Waals surface area contributed by atoms with Gasteiger partial charge in [0, 0.05) is 32.4 Å². The maximum absolute atomic E-state index is 12.6. The van der Waals surface area contributed by atoms with E-state index in [1.807, 2.05) is 25.1 Å². The number of nitrogens with zero attached hydrogens (tertiary/aromatic N) is 3. The SMILES string of the molecule is CCCN(C(=O)c1cn(C)nc1C)[C@@H]1CCNC1. The van der Waals surface area contributed by atoms with Gasteiger partial charge in [0.15, 0.2) is 0 Å². The highest BCUT2D eigenvalue weighted by Gasteiger charge is 2.28. The molecule has 1 aliphatic rings. The summed E-state index contributed by atoms with van der Waals surface area (Å²) in [6, 6.07) is 0.331. The van der Waals surface area contributed by atoms with Crippen molar-refractivity contribution in [3.8, 4) is 0 Å². The highest BCUT2D eigenvalue weighted by molar-refractivity contribution is 5.95. The first kappa shape index (κ1) is 13.1. The first-order valence-electron chi connectivity index (χ1n) is 6.65. The van der Waals surface area contributed by atoms with Gasteiger partial charge >= 0.3 is 0 Å². The molecule has 1 atom stereocenters. The smallest absolute Gasteiger partial charge is 0.257 e. The van der Waals surface area contributed by atoms with Crippen LogP contribution in [0.25, 0.3) is 0 Å². The molecule has 1 aromatic rings. The second-order valence-corrected chi connectivity index (χ2v) is 4.95. The fraction of sp³-hybridized carbons (Fsp3) is 0.692. The average molecular weight is 250 g/mol. The van der Waals surface area contributed by atoms with E-state index < -0.39 is 0 Å². The summed E-state index contributed by atoms with van der Waals surface area (Å²) in [6.07, 6.45) is 3.86. The summed E-state index contributed by atoms with van der Waals surface area (Å²) in [6.45, 7) is 6.73. The molecule has 1 N–H and O–H groups in total. The molecule has 100 valence electrons. The average Bonchev–Trinajstić information content (AvgIpc) is 2.95. The minimum absolute atomic E-state index is 0.121. The minimum atomic E-state index is 0.121. The molecule has 18 heavy (non-hydrogen) atoms. The van der Waals surface area contributed by atoms with Crippen molar-refractivity contribution >= 4 is 5.91 Å². The summed E-state index contributed by atoms with van der Waals surface area (Å²) in [5.41, 5.74) is 1.55. The van der Waals surface area contributed by atoms with Crippen molar-refractivity contribution in [2.24, 2.45) is 7.05 Å². The summed E-state index contributed by atoms with van der Waals surface area (Å²) in [5.74, 6) is 0.121. The molecule has 0 unspecified atom stereocenters. The number of hydrogen-bond donors (Lipinski definition) is 1. The Morgan fingerprint density at radius 1 is 1.67 bits per heavy atom. The van der Waals surface area contributed by atoms with Gasteiger partial charge in [-0.25, -0.2) is 0 Å². The van der Waals surface area contributed by atoms with E-state index in [9.17, 15) is 4.79 Å². The zero-order valence-electron chi connectivity index (χ0n) is 11.4. The monoisotopic (exact) mass is 250 g/mol. The lowest BCUT2D eigenvalue weighted by Gasteiger charge is -2.28. The fourth-order valence-corrected chi connectivity index (χ4v) is 2.56. The highest BCUT2D eigenvalue weighted by Crippen LogP contribution is 2.15. The Morgan fingerprint density at radius 3 is 2.94 bits per heavy atom. The normalized spacial score (nSPS) is 19.2. The molecule has 1 fully saturated rings. The Kier molecular flexibility index (Phi) is 4.01. The van der Waals surface area contributed by atoms with Crippen molar-refractivity contribution < 1.29 is 4.79 Å². The second kappa shape index (κ2) is 5.52. The largest absolute Gasteiger partial charge is 0.334 e. The predicted octanol–water partition coefficient (Wildman–Crippen LogP) is 0.943. The van der Waals surface area contributed by atoms with Gasteiger partial charge in [0.05, 0.1) is 11.3 Å². The number of hydrogen-bond acceptors (Lipinski definition) is 3. The van der Waals surface area contributed by atoms with Crippen molar-refractivity contribution in [1.82, 2.24) is 20.0 Å². The second-order valence-electron chi connectivity index (χ2n) is 4.95. The van der Waals surface area contributed by atoms with Gasteiger partial charge in [0.1, 0.15) is 0 Å². The van der Waals surface area contributed by atoms with Gasteiger partial charge in [0.2, 0.25) is 0 Å². The Hall–Kier alpha value is -1.36. The van der Waals surface area contributed by atoms with Gasteiger partial charge in [-0.3, -0.25) is 9.48 Å². The molecule has 5 nitrogen and oxygen atoms in total. The van der Waals surface area contributed by atoms with Crippen molar-refractivity contribution in [2.45, 2.75) is 32.7 Å². The number of rotatable bonds is 4. The van der Waals surface area contributed by atoms with Crippen LogP contribution < -0.4 is 5.32 Å². The van der Waals surface area contributed by atoms with Crippen molar-refractivity contribution in [1.29, 1.82) is 0 Å². The van der Waals surface area contributed by atoms with E-state index in [4.69, 9.17) is 0 Å².